The van der Waals surface area contributed by atoms with Crippen LogP contribution in [0.1, 0.15) is 40.5 Å². The van der Waals surface area contributed by atoms with Gasteiger partial charge < -0.3 is 10.5 Å². The number of nitrogens with zero attached hydrogens (tertiary/aromatic N) is 1. The lowest BCUT2D eigenvalue weighted by Crippen LogP contribution is -2.53. The molecule has 0 saturated carbocycles. The van der Waals surface area contributed by atoms with E-state index in [1.54, 1.807) is 0 Å². The lowest BCUT2D eigenvalue weighted by Gasteiger charge is -2.43. The zero-order chi connectivity index (χ0) is 12.2. The van der Waals surface area contributed by atoms with Gasteiger partial charge in [0.25, 0.3) is 0 Å². The molecule has 3 heteroatoms. The first kappa shape index (κ1) is 13.9. The van der Waals surface area contributed by atoms with Gasteiger partial charge >= 0.3 is 0 Å². The van der Waals surface area contributed by atoms with Crippen molar-refractivity contribution < 1.29 is 4.74 Å². The van der Waals surface area contributed by atoms with E-state index in [1.165, 1.54) is 0 Å². The minimum Gasteiger partial charge on any atom is -0.376 e. The van der Waals surface area contributed by atoms with Crippen molar-refractivity contribution in [2.24, 2.45) is 11.1 Å². The van der Waals surface area contributed by atoms with Crippen LogP contribution in [0.15, 0.2) is 0 Å². The van der Waals surface area contributed by atoms with Crippen LogP contribution < -0.4 is 5.73 Å². The van der Waals surface area contributed by atoms with Crippen LogP contribution in [0.25, 0.3) is 0 Å². The average Bonchev–Trinajstić information content (AvgIpc) is 2.29. The topological polar surface area (TPSA) is 38.5 Å². The largest absolute Gasteiger partial charge is 0.376 e. The second-order valence-corrected chi connectivity index (χ2v) is 5.50. The molecule has 0 aromatic heterocycles. The van der Waals surface area contributed by atoms with E-state index in [4.69, 9.17) is 10.5 Å². The summed E-state index contributed by atoms with van der Waals surface area (Å²) in [6, 6.07) is 0.577. The molecule has 1 heterocycles. The van der Waals surface area contributed by atoms with Crippen LogP contribution in [-0.4, -0.2) is 43.3 Å². The summed E-state index contributed by atoms with van der Waals surface area (Å²) in [4.78, 5) is 2.57. The normalized spacial score (nSPS) is 31.3. The van der Waals surface area contributed by atoms with Crippen molar-refractivity contribution >= 4 is 0 Å². The molecule has 3 atom stereocenters. The SMILES string of the molecule is CCC1COC(C)CN1CC(C)(CC)CN. The number of morpholine rings is 1. The Kier molecular flexibility index (Phi) is 5.22. The molecule has 96 valence electrons. The summed E-state index contributed by atoms with van der Waals surface area (Å²) < 4.78 is 5.72. The van der Waals surface area contributed by atoms with Gasteiger partial charge in [0, 0.05) is 19.1 Å². The van der Waals surface area contributed by atoms with Crippen molar-refractivity contribution in [3.63, 3.8) is 0 Å². The predicted molar refractivity (Wildman–Crippen MR) is 68.5 cm³/mol. The molecule has 1 saturated heterocycles. The maximum absolute atomic E-state index is 5.90. The maximum Gasteiger partial charge on any atom is 0.0674 e. The molecule has 1 aliphatic rings. The summed E-state index contributed by atoms with van der Waals surface area (Å²) >= 11 is 0. The van der Waals surface area contributed by atoms with E-state index in [-0.39, 0.29) is 5.41 Å². The third-order valence-electron chi connectivity index (χ3n) is 3.98. The fraction of sp³-hybridized carbons (Fsp3) is 1.00. The standard InChI is InChI=1S/C13H28N2O/c1-5-12-8-16-11(3)7-15(12)10-13(4,6-2)9-14/h11-12H,5-10,14H2,1-4H3. The molecule has 1 rings (SSSR count). The first-order valence-electron chi connectivity index (χ1n) is 6.60. The van der Waals surface area contributed by atoms with Gasteiger partial charge in [-0.1, -0.05) is 20.8 Å². The highest BCUT2D eigenvalue weighted by Crippen LogP contribution is 2.25. The van der Waals surface area contributed by atoms with Crippen molar-refractivity contribution in [2.45, 2.75) is 52.7 Å². The highest BCUT2D eigenvalue weighted by atomic mass is 16.5. The fourth-order valence-electron chi connectivity index (χ4n) is 2.29. The Labute approximate surface area is 100 Å². The van der Waals surface area contributed by atoms with Crippen LogP contribution in [0, 0.1) is 5.41 Å². The summed E-state index contributed by atoms with van der Waals surface area (Å²) in [5.74, 6) is 0. The van der Waals surface area contributed by atoms with E-state index < -0.39 is 0 Å². The number of ether oxygens (including phenoxy) is 1. The van der Waals surface area contributed by atoms with Crippen LogP contribution in [-0.2, 0) is 4.74 Å². The van der Waals surface area contributed by atoms with E-state index >= 15 is 0 Å². The second-order valence-electron chi connectivity index (χ2n) is 5.50. The van der Waals surface area contributed by atoms with Crippen molar-refractivity contribution in [1.29, 1.82) is 0 Å². The molecule has 1 aliphatic heterocycles. The van der Waals surface area contributed by atoms with Crippen LogP contribution in [0.2, 0.25) is 0 Å². The van der Waals surface area contributed by atoms with Crippen LogP contribution in [0.5, 0.6) is 0 Å². The van der Waals surface area contributed by atoms with Crippen LogP contribution in [0.4, 0.5) is 0 Å². The summed E-state index contributed by atoms with van der Waals surface area (Å²) in [5, 5.41) is 0. The molecule has 0 radical (unpaired) electrons. The maximum atomic E-state index is 5.90. The van der Waals surface area contributed by atoms with E-state index in [0.717, 1.165) is 39.1 Å². The molecular formula is C13H28N2O. The quantitative estimate of drug-likeness (QED) is 0.780. The van der Waals surface area contributed by atoms with E-state index in [9.17, 15) is 0 Å². The molecule has 16 heavy (non-hydrogen) atoms. The third kappa shape index (κ3) is 3.44. The second kappa shape index (κ2) is 5.99. The predicted octanol–water partition coefficient (Wildman–Crippen LogP) is 1.86. The molecule has 0 aromatic rings. The molecule has 2 N–H and O–H groups in total. The Morgan fingerprint density at radius 2 is 2.12 bits per heavy atom. The Morgan fingerprint density at radius 3 is 2.62 bits per heavy atom. The Bertz CT molecular complexity index is 204. The van der Waals surface area contributed by atoms with Gasteiger partial charge in [-0.05, 0) is 31.7 Å². The summed E-state index contributed by atoms with van der Waals surface area (Å²) in [5.41, 5.74) is 6.15. The van der Waals surface area contributed by atoms with Gasteiger partial charge in [-0.2, -0.15) is 0 Å². The smallest absolute Gasteiger partial charge is 0.0674 e. The summed E-state index contributed by atoms with van der Waals surface area (Å²) in [6.07, 6.45) is 2.67. The monoisotopic (exact) mass is 228 g/mol. The lowest BCUT2D eigenvalue weighted by atomic mass is 9.86. The van der Waals surface area contributed by atoms with Gasteiger partial charge in [0.05, 0.1) is 12.7 Å². The molecule has 1 fully saturated rings. The summed E-state index contributed by atoms with van der Waals surface area (Å²) in [7, 11) is 0. The van der Waals surface area contributed by atoms with Crippen molar-refractivity contribution in [2.75, 3.05) is 26.2 Å². The average molecular weight is 228 g/mol. The Morgan fingerprint density at radius 1 is 1.44 bits per heavy atom. The van der Waals surface area contributed by atoms with Gasteiger partial charge in [0.15, 0.2) is 0 Å². The first-order valence-corrected chi connectivity index (χ1v) is 6.60. The van der Waals surface area contributed by atoms with E-state index in [1.807, 2.05) is 0 Å². The number of nitrogens with two attached hydrogens (primary N) is 1. The van der Waals surface area contributed by atoms with Crippen LogP contribution in [0.3, 0.4) is 0 Å². The van der Waals surface area contributed by atoms with Gasteiger partial charge in [-0.3, -0.25) is 4.90 Å². The molecule has 0 amide bonds. The minimum absolute atomic E-state index is 0.254. The third-order valence-corrected chi connectivity index (χ3v) is 3.98. The van der Waals surface area contributed by atoms with Gasteiger partial charge in [0.1, 0.15) is 0 Å². The van der Waals surface area contributed by atoms with Crippen molar-refractivity contribution in [3.05, 3.63) is 0 Å². The number of hydrogen-bond donors (Lipinski definition) is 1. The molecule has 0 aromatic carbocycles. The molecule has 0 aliphatic carbocycles. The Hall–Kier alpha value is -0.120. The lowest BCUT2D eigenvalue weighted by molar-refractivity contribution is -0.0675. The van der Waals surface area contributed by atoms with Crippen molar-refractivity contribution in [1.82, 2.24) is 4.90 Å². The summed E-state index contributed by atoms with van der Waals surface area (Å²) in [6.45, 7) is 12.7. The van der Waals surface area contributed by atoms with E-state index in [2.05, 4.69) is 32.6 Å². The molecule has 0 spiro atoms. The van der Waals surface area contributed by atoms with Gasteiger partial charge in [-0.25, -0.2) is 0 Å². The molecule has 0 bridgehead atoms. The van der Waals surface area contributed by atoms with Crippen LogP contribution >= 0.6 is 0 Å². The van der Waals surface area contributed by atoms with Crippen molar-refractivity contribution in [3.8, 4) is 0 Å². The highest BCUT2D eigenvalue weighted by molar-refractivity contribution is 4.84. The zero-order valence-corrected chi connectivity index (χ0v) is 11.3. The fourth-order valence-corrected chi connectivity index (χ4v) is 2.29. The van der Waals surface area contributed by atoms with Gasteiger partial charge in [-0.15, -0.1) is 0 Å². The highest BCUT2D eigenvalue weighted by Gasteiger charge is 2.31. The van der Waals surface area contributed by atoms with E-state index in [0.29, 0.717) is 12.1 Å². The van der Waals surface area contributed by atoms with Gasteiger partial charge in [0.2, 0.25) is 0 Å². The number of hydrogen-bond acceptors (Lipinski definition) is 3. The minimum atomic E-state index is 0.254. The molecule has 3 unspecified atom stereocenters. The first-order chi connectivity index (χ1) is 7.54. The number of rotatable bonds is 5. The molecular weight excluding hydrogens is 200 g/mol. The zero-order valence-electron chi connectivity index (χ0n) is 11.3. The molecule has 3 nitrogen and oxygen atoms in total. The Balaban J connectivity index is 2.61.